The maximum absolute atomic E-state index is 12.8. The van der Waals surface area contributed by atoms with Crippen molar-refractivity contribution in [3.05, 3.63) is 12.2 Å². The summed E-state index contributed by atoms with van der Waals surface area (Å²) in [7, 11) is -4.33. The van der Waals surface area contributed by atoms with E-state index < -0.39 is 20.0 Å². The topological polar surface area (TPSA) is 131 Å². The summed E-state index contributed by atoms with van der Waals surface area (Å²) < 4.78 is 22.1. The van der Waals surface area contributed by atoms with Crippen molar-refractivity contribution in [1.29, 1.82) is 0 Å². The molecule has 0 aliphatic rings. The van der Waals surface area contributed by atoms with E-state index in [0.717, 1.165) is 38.5 Å². The molecule has 0 radical (unpaired) electrons. The van der Waals surface area contributed by atoms with Crippen molar-refractivity contribution >= 4 is 13.7 Å². The summed E-state index contributed by atoms with van der Waals surface area (Å²) in [6.45, 7) is 4.14. The number of carbonyl (C=O) groups is 1. The molecule has 5 N–H and O–H groups in total. The molecule has 0 spiro atoms. The Morgan fingerprint density at radius 3 is 1.15 bits per heavy atom. The summed E-state index contributed by atoms with van der Waals surface area (Å²) >= 11 is 0. The zero-order valence-corrected chi connectivity index (χ0v) is 42.3. The molecule has 0 saturated heterocycles. The molecule has 0 bridgehead atoms. The molecule has 1 unspecified atom stereocenters. The van der Waals surface area contributed by atoms with Crippen LogP contribution in [0.1, 0.15) is 290 Å². The first kappa shape index (κ1) is 61.2. The fraction of sp³-hybridized carbons (Fsp3) is 0.943. The van der Waals surface area contributed by atoms with Crippen LogP contribution in [0.4, 0.5) is 0 Å². The van der Waals surface area contributed by atoms with Gasteiger partial charge in [0.1, 0.15) is 0 Å². The predicted molar refractivity (Wildman–Crippen MR) is 268 cm³/mol. The second kappa shape index (κ2) is 49.7. The van der Waals surface area contributed by atoms with Crippen LogP contribution in [0.3, 0.4) is 0 Å². The van der Waals surface area contributed by atoms with Gasteiger partial charge in [0.2, 0.25) is 5.91 Å². The van der Waals surface area contributed by atoms with E-state index in [1.54, 1.807) is 6.08 Å². The summed E-state index contributed by atoms with van der Waals surface area (Å²) in [5, 5.41) is 13.6. The number of phosphoric ester groups is 1. The first-order valence-electron chi connectivity index (χ1n) is 27.3. The highest BCUT2D eigenvalue weighted by Gasteiger charge is 2.27. The van der Waals surface area contributed by atoms with Crippen LogP contribution in [0, 0.1) is 0 Å². The number of aliphatic hydroxyl groups is 1. The number of hydrogen-bond donors (Lipinski definition) is 4. The third-order valence-electron chi connectivity index (χ3n) is 12.6. The van der Waals surface area contributed by atoms with Crippen LogP contribution in [-0.4, -0.2) is 47.8 Å². The standard InChI is InChI=1S/C53H107N2O6P/c1-3-5-7-9-11-13-14-15-16-17-18-19-20-21-22-23-24-25-26-27-28-29-30-31-32-33-34-35-36-37-39-41-43-45-47-53(57)55-51(50-61-62(58,59)60-49-48-54)52(56)46-44-42-40-38-12-10-8-6-4-2/h44,46,51-52,56H,3-43,45,47-50,54H2,1-2H3,(H,55,57)(H,58,59)/b46-44+/t51-,52+/m0/s1. The molecule has 62 heavy (non-hydrogen) atoms. The Bertz CT molecular complexity index is 984. The van der Waals surface area contributed by atoms with E-state index in [1.165, 1.54) is 231 Å². The highest BCUT2D eigenvalue weighted by Crippen LogP contribution is 2.43. The molecule has 1 amide bonds. The number of nitrogens with one attached hydrogen (secondary N) is 1. The lowest BCUT2D eigenvalue weighted by Gasteiger charge is -2.23. The monoisotopic (exact) mass is 899 g/mol. The largest absolute Gasteiger partial charge is 0.472 e. The van der Waals surface area contributed by atoms with E-state index in [2.05, 4.69) is 19.2 Å². The Balaban J connectivity index is 3.71. The SMILES string of the molecule is CCCCCCCCC/C=C/[C@@H](O)[C@H](COP(=O)(O)OCCN)NC(=O)CCCCCCCCCCCCCCCCCCCCCCCCCCCCCCCCCCCC. The van der Waals surface area contributed by atoms with E-state index in [-0.39, 0.29) is 25.7 Å². The summed E-state index contributed by atoms with van der Waals surface area (Å²) in [5.41, 5.74) is 5.37. The Kier molecular flexibility index (Phi) is 49.1. The maximum atomic E-state index is 12.8. The minimum Gasteiger partial charge on any atom is -0.387 e. The van der Waals surface area contributed by atoms with Gasteiger partial charge in [0.15, 0.2) is 0 Å². The number of carbonyl (C=O) groups excluding carboxylic acids is 1. The van der Waals surface area contributed by atoms with Crippen molar-refractivity contribution in [2.45, 2.75) is 302 Å². The molecule has 0 aromatic heterocycles. The molecule has 0 aliphatic heterocycles. The lowest BCUT2D eigenvalue weighted by Crippen LogP contribution is -2.45. The summed E-state index contributed by atoms with van der Waals surface area (Å²) in [6.07, 6.45) is 59.0. The summed E-state index contributed by atoms with van der Waals surface area (Å²) in [6, 6.07) is -0.854. The third-order valence-corrected chi connectivity index (χ3v) is 13.6. The zero-order chi connectivity index (χ0) is 45.3. The quantitative estimate of drug-likeness (QED) is 0.0272. The molecular formula is C53H107N2O6P. The average Bonchev–Trinajstić information content (AvgIpc) is 3.26. The number of hydrogen-bond acceptors (Lipinski definition) is 6. The van der Waals surface area contributed by atoms with Crippen molar-refractivity contribution in [1.82, 2.24) is 5.32 Å². The Labute approximate surface area is 385 Å². The van der Waals surface area contributed by atoms with E-state index in [9.17, 15) is 19.4 Å². The number of phosphoric acid groups is 1. The normalized spacial score (nSPS) is 13.8. The van der Waals surface area contributed by atoms with Crippen LogP contribution in [0.2, 0.25) is 0 Å². The number of unbranched alkanes of at least 4 members (excludes halogenated alkanes) is 40. The van der Waals surface area contributed by atoms with Gasteiger partial charge >= 0.3 is 7.82 Å². The summed E-state index contributed by atoms with van der Waals surface area (Å²) in [4.78, 5) is 22.7. The van der Waals surface area contributed by atoms with Gasteiger partial charge in [-0.1, -0.05) is 276 Å². The predicted octanol–water partition coefficient (Wildman–Crippen LogP) is 16.3. The lowest BCUT2D eigenvalue weighted by molar-refractivity contribution is -0.123. The van der Waals surface area contributed by atoms with Crippen LogP contribution < -0.4 is 11.1 Å². The van der Waals surface area contributed by atoms with E-state index in [4.69, 9.17) is 14.8 Å². The minimum absolute atomic E-state index is 0.0811. The number of rotatable bonds is 52. The second-order valence-electron chi connectivity index (χ2n) is 18.8. The van der Waals surface area contributed by atoms with Gasteiger partial charge in [-0.25, -0.2) is 4.57 Å². The van der Waals surface area contributed by atoms with Gasteiger partial charge in [-0.2, -0.15) is 0 Å². The van der Waals surface area contributed by atoms with Crippen molar-refractivity contribution in [3.63, 3.8) is 0 Å². The van der Waals surface area contributed by atoms with Crippen molar-refractivity contribution < 1.29 is 28.4 Å². The molecule has 0 aromatic rings. The van der Waals surface area contributed by atoms with E-state index in [1.807, 2.05) is 6.08 Å². The highest BCUT2D eigenvalue weighted by molar-refractivity contribution is 7.47. The van der Waals surface area contributed by atoms with Gasteiger partial charge in [0.05, 0.1) is 25.4 Å². The molecule has 0 aliphatic carbocycles. The number of amides is 1. The number of aliphatic hydroxyl groups excluding tert-OH is 1. The molecule has 3 atom stereocenters. The molecule has 0 fully saturated rings. The first-order chi connectivity index (χ1) is 30.4. The molecule has 0 rings (SSSR count). The fourth-order valence-corrected chi connectivity index (χ4v) is 9.25. The van der Waals surface area contributed by atoms with Gasteiger partial charge < -0.3 is 21.1 Å². The van der Waals surface area contributed by atoms with Gasteiger partial charge in [-0.05, 0) is 19.3 Å². The smallest absolute Gasteiger partial charge is 0.387 e. The van der Waals surface area contributed by atoms with Crippen LogP contribution >= 0.6 is 7.82 Å². The molecule has 370 valence electrons. The van der Waals surface area contributed by atoms with Crippen LogP contribution in [-0.2, 0) is 18.4 Å². The maximum Gasteiger partial charge on any atom is 0.472 e. The van der Waals surface area contributed by atoms with Gasteiger partial charge in [0, 0.05) is 13.0 Å². The van der Waals surface area contributed by atoms with E-state index >= 15 is 0 Å². The van der Waals surface area contributed by atoms with Crippen LogP contribution in [0.15, 0.2) is 12.2 Å². The number of nitrogens with two attached hydrogens (primary N) is 1. The van der Waals surface area contributed by atoms with E-state index in [0.29, 0.717) is 6.42 Å². The minimum atomic E-state index is -4.33. The average molecular weight is 899 g/mol. The first-order valence-corrected chi connectivity index (χ1v) is 28.8. The highest BCUT2D eigenvalue weighted by atomic mass is 31.2. The number of allylic oxidation sites excluding steroid dienone is 1. The molecule has 8 nitrogen and oxygen atoms in total. The van der Waals surface area contributed by atoms with Crippen LogP contribution in [0.5, 0.6) is 0 Å². The van der Waals surface area contributed by atoms with Gasteiger partial charge in [-0.3, -0.25) is 13.8 Å². The molecule has 9 heteroatoms. The van der Waals surface area contributed by atoms with Crippen molar-refractivity contribution in [2.75, 3.05) is 19.8 Å². The molecule has 0 saturated carbocycles. The molecule has 0 aromatic carbocycles. The van der Waals surface area contributed by atoms with Crippen molar-refractivity contribution in [3.8, 4) is 0 Å². The van der Waals surface area contributed by atoms with Gasteiger partial charge in [-0.15, -0.1) is 0 Å². The zero-order valence-electron chi connectivity index (χ0n) is 41.4. The third kappa shape index (κ3) is 47.2. The van der Waals surface area contributed by atoms with Crippen LogP contribution in [0.25, 0.3) is 0 Å². The second-order valence-corrected chi connectivity index (χ2v) is 20.3. The van der Waals surface area contributed by atoms with Crippen molar-refractivity contribution in [2.24, 2.45) is 5.73 Å². The lowest BCUT2D eigenvalue weighted by atomic mass is 10.0. The molecule has 0 heterocycles. The fourth-order valence-electron chi connectivity index (χ4n) is 8.49. The Hall–Kier alpha value is -0.760. The Morgan fingerprint density at radius 2 is 0.823 bits per heavy atom. The summed E-state index contributed by atoms with van der Waals surface area (Å²) in [5.74, 6) is -0.190. The molecular weight excluding hydrogens is 792 g/mol. The Morgan fingerprint density at radius 1 is 0.516 bits per heavy atom. The van der Waals surface area contributed by atoms with Gasteiger partial charge in [0.25, 0.3) is 0 Å².